The number of nitrogens with zero attached hydrogens (tertiary/aromatic N) is 1. The number of carbonyl (C=O) groups excluding carboxylic acids is 3. The molecule has 0 spiro atoms. The van der Waals surface area contributed by atoms with E-state index in [0.29, 0.717) is 10.5 Å². The normalized spacial score (nSPS) is 15.5. The predicted octanol–water partition coefficient (Wildman–Crippen LogP) is 3.77. The molecule has 6 heteroatoms. The minimum Gasteiger partial charge on any atom is -0.350 e. The van der Waals surface area contributed by atoms with Crippen molar-refractivity contribution in [3.05, 3.63) is 75.7 Å². The van der Waals surface area contributed by atoms with Crippen molar-refractivity contribution in [2.24, 2.45) is 0 Å². The van der Waals surface area contributed by atoms with Crippen molar-refractivity contribution in [3.63, 3.8) is 0 Å². The third-order valence-corrected chi connectivity index (χ3v) is 5.06. The highest BCUT2D eigenvalue weighted by atomic mass is 32.2. The van der Waals surface area contributed by atoms with Crippen molar-refractivity contribution in [2.45, 2.75) is 13.8 Å². The molecule has 0 aliphatic carbocycles. The molecule has 3 amide bonds. The number of carbonyl (C=O) groups is 3. The highest BCUT2D eigenvalue weighted by Crippen LogP contribution is 2.31. The summed E-state index contributed by atoms with van der Waals surface area (Å²) in [5.41, 5.74) is 3.56. The van der Waals surface area contributed by atoms with E-state index in [9.17, 15) is 14.4 Å². The van der Waals surface area contributed by atoms with E-state index >= 15 is 0 Å². The predicted molar refractivity (Wildman–Crippen MR) is 107 cm³/mol. The van der Waals surface area contributed by atoms with Gasteiger partial charge in [-0.25, -0.2) is 0 Å². The highest BCUT2D eigenvalue weighted by Gasteiger charge is 2.34. The van der Waals surface area contributed by atoms with Gasteiger partial charge in [0.1, 0.15) is 0 Å². The quantitative estimate of drug-likeness (QED) is 0.802. The summed E-state index contributed by atoms with van der Waals surface area (Å²) in [4.78, 5) is 38.3. The Morgan fingerprint density at radius 2 is 1.81 bits per heavy atom. The van der Waals surface area contributed by atoms with Gasteiger partial charge >= 0.3 is 0 Å². The van der Waals surface area contributed by atoms with Crippen LogP contribution in [0.2, 0.25) is 0 Å². The van der Waals surface area contributed by atoms with Gasteiger partial charge in [0.2, 0.25) is 0 Å². The number of amides is 3. The molecule has 5 nitrogen and oxygen atoms in total. The molecular weight excluding hydrogens is 360 g/mol. The summed E-state index contributed by atoms with van der Waals surface area (Å²) in [6, 6.07) is 15.0. The van der Waals surface area contributed by atoms with E-state index in [1.807, 2.05) is 50.2 Å². The highest BCUT2D eigenvalue weighted by molar-refractivity contribution is 8.18. The molecular formula is C21H20N2O3S. The fourth-order valence-corrected chi connectivity index (χ4v) is 3.54. The van der Waals surface area contributed by atoms with Crippen molar-refractivity contribution in [2.75, 3.05) is 13.1 Å². The summed E-state index contributed by atoms with van der Waals surface area (Å²) in [5.74, 6) is -0.545. The number of rotatable bonds is 5. The van der Waals surface area contributed by atoms with Crippen LogP contribution in [-0.4, -0.2) is 35.0 Å². The molecule has 0 atom stereocenters. The molecule has 0 bridgehead atoms. The van der Waals surface area contributed by atoms with Crippen LogP contribution >= 0.6 is 11.8 Å². The van der Waals surface area contributed by atoms with Crippen LogP contribution in [0.4, 0.5) is 4.79 Å². The van der Waals surface area contributed by atoms with Crippen LogP contribution in [0.3, 0.4) is 0 Å². The first-order chi connectivity index (χ1) is 12.9. The third kappa shape index (κ3) is 4.65. The monoisotopic (exact) mass is 380 g/mol. The Morgan fingerprint density at radius 1 is 1.07 bits per heavy atom. The first-order valence-electron chi connectivity index (χ1n) is 8.61. The second-order valence-electron chi connectivity index (χ2n) is 6.37. The molecule has 138 valence electrons. The largest absolute Gasteiger partial charge is 0.350 e. The molecule has 0 radical (unpaired) electrons. The average molecular weight is 380 g/mol. The summed E-state index contributed by atoms with van der Waals surface area (Å²) < 4.78 is 0. The van der Waals surface area contributed by atoms with Gasteiger partial charge in [-0.1, -0.05) is 47.5 Å². The van der Waals surface area contributed by atoms with Crippen molar-refractivity contribution in [1.82, 2.24) is 10.2 Å². The van der Waals surface area contributed by atoms with Crippen molar-refractivity contribution in [1.29, 1.82) is 0 Å². The summed E-state index contributed by atoms with van der Waals surface area (Å²) in [7, 11) is 0. The standard InChI is InChI=1S/C21H20N2O3S/c1-14-6-8-16(9-7-14)13-18-20(25)23(21(26)27-18)11-10-22-19(24)17-5-3-4-15(2)12-17/h3-9,12-13H,10-11H2,1-2H3,(H,22,24). The van der Waals surface area contributed by atoms with E-state index < -0.39 is 0 Å². The maximum atomic E-state index is 12.5. The van der Waals surface area contributed by atoms with Crippen LogP contribution in [0, 0.1) is 13.8 Å². The molecule has 2 aromatic rings. The van der Waals surface area contributed by atoms with Crippen molar-refractivity contribution < 1.29 is 14.4 Å². The van der Waals surface area contributed by atoms with Crippen LogP contribution in [0.15, 0.2) is 53.4 Å². The molecule has 1 saturated heterocycles. The Bertz CT molecular complexity index is 919. The lowest BCUT2D eigenvalue weighted by molar-refractivity contribution is -0.122. The molecule has 3 rings (SSSR count). The second kappa shape index (κ2) is 8.22. The van der Waals surface area contributed by atoms with Crippen LogP contribution < -0.4 is 5.32 Å². The van der Waals surface area contributed by atoms with Crippen LogP contribution in [0.25, 0.3) is 6.08 Å². The van der Waals surface area contributed by atoms with Gasteiger partial charge in [-0.05, 0) is 49.4 Å². The lowest BCUT2D eigenvalue weighted by Crippen LogP contribution is -2.37. The van der Waals surface area contributed by atoms with Gasteiger partial charge in [-0.3, -0.25) is 19.3 Å². The van der Waals surface area contributed by atoms with Gasteiger partial charge in [-0.15, -0.1) is 0 Å². The average Bonchev–Trinajstić information content (AvgIpc) is 2.91. The summed E-state index contributed by atoms with van der Waals surface area (Å²) >= 11 is 0.924. The molecule has 27 heavy (non-hydrogen) atoms. The Labute approximate surface area is 162 Å². The molecule has 1 fully saturated rings. The van der Waals surface area contributed by atoms with Crippen LogP contribution in [-0.2, 0) is 4.79 Å². The van der Waals surface area contributed by atoms with Crippen LogP contribution in [0.5, 0.6) is 0 Å². The van der Waals surface area contributed by atoms with E-state index in [0.717, 1.165) is 28.5 Å². The van der Waals surface area contributed by atoms with Crippen molar-refractivity contribution >= 4 is 34.9 Å². The Kier molecular flexibility index (Phi) is 5.76. The summed E-state index contributed by atoms with van der Waals surface area (Å²) in [6.07, 6.45) is 1.72. The molecule has 0 saturated carbocycles. The van der Waals surface area contributed by atoms with E-state index in [1.165, 1.54) is 4.90 Å². The van der Waals surface area contributed by atoms with Gasteiger partial charge in [0.15, 0.2) is 0 Å². The van der Waals surface area contributed by atoms with Gasteiger partial charge in [0.25, 0.3) is 17.1 Å². The number of aryl methyl sites for hydroxylation is 2. The number of thioether (sulfide) groups is 1. The van der Waals surface area contributed by atoms with E-state index in [1.54, 1.807) is 18.2 Å². The lowest BCUT2D eigenvalue weighted by atomic mass is 10.1. The Hall–Kier alpha value is -2.86. The maximum Gasteiger partial charge on any atom is 0.293 e. The zero-order chi connectivity index (χ0) is 19.4. The SMILES string of the molecule is Cc1ccc(C=C2SC(=O)N(CCNC(=O)c3cccc(C)c3)C2=O)cc1. The lowest BCUT2D eigenvalue weighted by Gasteiger charge is -2.13. The molecule has 1 heterocycles. The zero-order valence-corrected chi connectivity index (χ0v) is 16.0. The minimum absolute atomic E-state index is 0.146. The molecule has 0 aromatic heterocycles. The number of nitrogens with one attached hydrogen (secondary N) is 1. The second-order valence-corrected chi connectivity index (χ2v) is 7.36. The van der Waals surface area contributed by atoms with Gasteiger partial charge in [0, 0.05) is 18.7 Å². The van der Waals surface area contributed by atoms with Gasteiger partial charge < -0.3 is 5.32 Å². The number of benzene rings is 2. The third-order valence-electron chi connectivity index (χ3n) is 4.15. The fourth-order valence-electron chi connectivity index (χ4n) is 2.68. The fraction of sp³-hybridized carbons (Fsp3) is 0.190. The van der Waals surface area contributed by atoms with E-state index in [2.05, 4.69) is 5.32 Å². The summed E-state index contributed by atoms with van der Waals surface area (Å²) in [5, 5.41) is 2.43. The first kappa shape index (κ1) is 18.9. The Morgan fingerprint density at radius 3 is 2.52 bits per heavy atom. The first-order valence-corrected chi connectivity index (χ1v) is 9.42. The smallest absolute Gasteiger partial charge is 0.293 e. The summed E-state index contributed by atoms with van der Waals surface area (Å²) in [6.45, 7) is 4.26. The topological polar surface area (TPSA) is 66.5 Å². The number of hydrogen-bond donors (Lipinski definition) is 1. The van der Waals surface area contributed by atoms with Gasteiger partial charge in [-0.2, -0.15) is 0 Å². The van der Waals surface area contributed by atoms with Crippen LogP contribution in [0.1, 0.15) is 27.0 Å². The van der Waals surface area contributed by atoms with E-state index in [4.69, 9.17) is 0 Å². The van der Waals surface area contributed by atoms with Gasteiger partial charge in [0.05, 0.1) is 4.91 Å². The molecule has 1 N–H and O–H groups in total. The Balaban J connectivity index is 1.59. The molecule has 1 aliphatic rings. The number of imide groups is 1. The molecule has 2 aromatic carbocycles. The maximum absolute atomic E-state index is 12.5. The molecule has 0 unspecified atom stereocenters. The van der Waals surface area contributed by atoms with Crippen molar-refractivity contribution in [3.8, 4) is 0 Å². The minimum atomic E-state index is -0.324. The molecule has 1 aliphatic heterocycles. The zero-order valence-electron chi connectivity index (χ0n) is 15.2. The number of hydrogen-bond acceptors (Lipinski definition) is 4. The van der Waals surface area contributed by atoms with E-state index in [-0.39, 0.29) is 30.1 Å².